The molecule has 0 amide bonds. The van der Waals surface area contributed by atoms with E-state index in [-0.39, 0.29) is 11.5 Å². The van der Waals surface area contributed by atoms with Crippen LogP contribution in [0.5, 0.6) is 5.75 Å². The van der Waals surface area contributed by atoms with Crippen molar-refractivity contribution in [2.45, 2.75) is 13.0 Å². The second-order valence-corrected chi connectivity index (χ2v) is 6.16. The van der Waals surface area contributed by atoms with Gasteiger partial charge in [0.15, 0.2) is 17.7 Å². The number of rotatable bonds is 4. The largest absolute Gasteiger partial charge is 0.479 e. The van der Waals surface area contributed by atoms with E-state index in [0.29, 0.717) is 10.0 Å². The maximum atomic E-state index is 13.6. The van der Waals surface area contributed by atoms with Gasteiger partial charge in [-0.05, 0) is 31.2 Å². The van der Waals surface area contributed by atoms with Crippen LogP contribution < -0.4 is 4.74 Å². The Kier molecular flexibility index (Phi) is 5.11. The first-order chi connectivity index (χ1) is 9.88. The van der Waals surface area contributed by atoms with Crippen molar-refractivity contribution in [3.05, 3.63) is 62.5 Å². The lowest BCUT2D eigenvalue weighted by Crippen LogP contribution is -2.24. The van der Waals surface area contributed by atoms with Crippen LogP contribution in [0.2, 0.25) is 0 Å². The van der Waals surface area contributed by atoms with Crippen LogP contribution in [0.1, 0.15) is 17.3 Å². The zero-order valence-electron chi connectivity index (χ0n) is 10.9. The monoisotopic (exact) mass is 418 g/mol. The lowest BCUT2D eigenvalue weighted by atomic mass is 10.1. The molecule has 0 bridgehead atoms. The van der Waals surface area contributed by atoms with Crippen molar-refractivity contribution in [1.29, 1.82) is 0 Å². The Hall–Kier alpha value is -1.27. The minimum atomic E-state index is -1.12. The summed E-state index contributed by atoms with van der Waals surface area (Å²) in [5.74, 6) is -2.78. The first-order valence-corrected chi connectivity index (χ1v) is 7.58. The molecule has 0 aliphatic heterocycles. The molecule has 0 heterocycles. The summed E-state index contributed by atoms with van der Waals surface area (Å²) in [7, 11) is 0. The standard InChI is InChI=1S/C15H10Br2F2O2/c1-8(15(20)9-2-4-10(16)5-3-9)21-13-7-11(17)6-12(18)14(13)19/h2-8H,1H3. The zero-order valence-corrected chi connectivity index (χ0v) is 14.0. The molecule has 21 heavy (non-hydrogen) atoms. The summed E-state index contributed by atoms with van der Waals surface area (Å²) in [6.45, 7) is 1.49. The van der Waals surface area contributed by atoms with Crippen molar-refractivity contribution in [2.24, 2.45) is 0 Å². The van der Waals surface area contributed by atoms with Gasteiger partial charge < -0.3 is 4.74 Å². The summed E-state index contributed by atoms with van der Waals surface area (Å²) in [5.41, 5.74) is 0.432. The molecular weight excluding hydrogens is 410 g/mol. The quantitative estimate of drug-likeness (QED) is 0.506. The van der Waals surface area contributed by atoms with Crippen LogP contribution in [0.15, 0.2) is 45.3 Å². The van der Waals surface area contributed by atoms with Crippen molar-refractivity contribution in [3.63, 3.8) is 0 Å². The summed E-state index contributed by atoms with van der Waals surface area (Å²) >= 11 is 6.32. The van der Waals surface area contributed by atoms with Gasteiger partial charge in [0, 0.05) is 14.5 Å². The van der Waals surface area contributed by atoms with Crippen LogP contribution >= 0.6 is 31.9 Å². The van der Waals surface area contributed by atoms with Gasteiger partial charge in [-0.2, -0.15) is 4.39 Å². The van der Waals surface area contributed by atoms with Crippen LogP contribution in [0.3, 0.4) is 0 Å². The van der Waals surface area contributed by atoms with Crippen LogP contribution in [0.4, 0.5) is 8.78 Å². The topological polar surface area (TPSA) is 26.3 Å². The molecule has 0 N–H and O–H groups in total. The third kappa shape index (κ3) is 3.89. The molecule has 0 fully saturated rings. The van der Waals surface area contributed by atoms with Gasteiger partial charge >= 0.3 is 0 Å². The fourth-order valence-electron chi connectivity index (χ4n) is 1.71. The van der Waals surface area contributed by atoms with E-state index in [4.69, 9.17) is 4.74 Å². The van der Waals surface area contributed by atoms with Crippen LogP contribution in [0, 0.1) is 11.6 Å². The highest BCUT2D eigenvalue weighted by Crippen LogP contribution is 2.26. The third-order valence-electron chi connectivity index (χ3n) is 2.76. The third-order valence-corrected chi connectivity index (χ3v) is 3.75. The highest BCUT2D eigenvalue weighted by molar-refractivity contribution is 9.10. The minimum absolute atomic E-state index is 0.306. The maximum Gasteiger partial charge on any atom is 0.202 e. The Bertz CT molecular complexity index is 672. The summed E-state index contributed by atoms with van der Waals surface area (Å²) in [6, 6.07) is 8.97. The van der Waals surface area contributed by atoms with E-state index in [1.54, 1.807) is 24.3 Å². The van der Waals surface area contributed by atoms with Crippen molar-refractivity contribution in [3.8, 4) is 5.75 Å². The van der Waals surface area contributed by atoms with E-state index in [9.17, 15) is 13.6 Å². The van der Waals surface area contributed by atoms with Gasteiger partial charge in [-0.1, -0.05) is 44.0 Å². The van der Waals surface area contributed by atoms with Gasteiger partial charge in [0.1, 0.15) is 0 Å². The average molecular weight is 420 g/mol. The highest BCUT2D eigenvalue weighted by atomic mass is 79.9. The Labute approximate surface area is 137 Å². The SMILES string of the molecule is CC(Oc1cc(Br)cc(F)c1F)C(=O)c1ccc(Br)cc1. The van der Waals surface area contributed by atoms with Gasteiger partial charge in [-0.3, -0.25) is 4.79 Å². The fourth-order valence-corrected chi connectivity index (χ4v) is 2.38. The molecule has 0 aromatic heterocycles. The molecule has 0 saturated heterocycles. The smallest absolute Gasteiger partial charge is 0.202 e. The lowest BCUT2D eigenvalue weighted by molar-refractivity contribution is 0.0810. The van der Waals surface area contributed by atoms with Crippen LogP contribution in [-0.4, -0.2) is 11.9 Å². The van der Waals surface area contributed by atoms with E-state index in [1.807, 2.05) is 0 Å². The Morgan fingerprint density at radius 3 is 2.33 bits per heavy atom. The second kappa shape index (κ2) is 6.66. The van der Waals surface area contributed by atoms with Gasteiger partial charge in [0.25, 0.3) is 0 Å². The molecule has 1 unspecified atom stereocenters. The van der Waals surface area contributed by atoms with Gasteiger partial charge in [-0.15, -0.1) is 0 Å². The van der Waals surface area contributed by atoms with Gasteiger partial charge in [0.2, 0.25) is 11.6 Å². The van der Waals surface area contributed by atoms with Crippen molar-refractivity contribution in [2.75, 3.05) is 0 Å². The van der Waals surface area contributed by atoms with E-state index >= 15 is 0 Å². The first kappa shape index (κ1) is 16.1. The molecule has 6 heteroatoms. The van der Waals surface area contributed by atoms with Crippen molar-refractivity contribution >= 4 is 37.6 Å². The normalized spacial score (nSPS) is 12.0. The number of benzene rings is 2. The number of Topliss-reactive ketones (excluding diaryl/α,β-unsaturated/α-hetero) is 1. The number of halogens is 4. The molecule has 0 aliphatic rings. The zero-order chi connectivity index (χ0) is 15.6. The minimum Gasteiger partial charge on any atom is -0.479 e. The fraction of sp³-hybridized carbons (Fsp3) is 0.133. The molecule has 2 aromatic carbocycles. The number of carbonyl (C=O) groups is 1. The van der Waals surface area contributed by atoms with E-state index in [0.717, 1.165) is 10.5 Å². The van der Waals surface area contributed by atoms with Gasteiger partial charge in [-0.25, -0.2) is 4.39 Å². The molecule has 0 saturated carbocycles. The van der Waals surface area contributed by atoms with Crippen LogP contribution in [0.25, 0.3) is 0 Å². The number of hydrogen-bond acceptors (Lipinski definition) is 2. The Morgan fingerprint density at radius 2 is 1.71 bits per heavy atom. The number of carbonyl (C=O) groups excluding carboxylic acids is 1. The second-order valence-electron chi connectivity index (χ2n) is 4.33. The van der Waals surface area contributed by atoms with E-state index in [1.165, 1.54) is 13.0 Å². The van der Waals surface area contributed by atoms with Crippen molar-refractivity contribution in [1.82, 2.24) is 0 Å². The molecule has 2 nitrogen and oxygen atoms in total. The number of hydrogen-bond donors (Lipinski definition) is 0. The molecular formula is C15H10Br2F2O2. The molecule has 0 aliphatic carbocycles. The molecule has 0 spiro atoms. The summed E-state index contributed by atoms with van der Waals surface area (Å²) in [5, 5.41) is 0. The maximum absolute atomic E-state index is 13.6. The number of ketones is 1. The van der Waals surface area contributed by atoms with E-state index in [2.05, 4.69) is 31.9 Å². The van der Waals surface area contributed by atoms with Crippen LogP contribution in [-0.2, 0) is 0 Å². The van der Waals surface area contributed by atoms with E-state index < -0.39 is 17.7 Å². The first-order valence-electron chi connectivity index (χ1n) is 5.99. The molecule has 110 valence electrons. The predicted octanol–water partition coefficient (Wildman–Crippen LogP) is 5.14. The average Bonchev–Trinajstić information content (AvgIpc) is 2.44. The molecule has 2 rings (SSSR count). The molecule has 0 radical (unpaired) electrons. The Balaban J connectivity index is 2.20. The summed E-state index contributed by atoms with van der Waals surface area (Å²) in [6.07, 6.45) is -0.936. The predicted molar refractivity (Wildman–Crippen MR) is 82.6 cm³/mol. The number of ether oxygens (including phenoxy) is 1. The summed E-state index contributed by atoms with van der Waals surface area (Å²) < 4.78 is 33.3. The summed E-state index contributed by atoms with van der Waals surface area (Å²) in [4.78, 5) is 12.2. The molecule has 2 aromatic rings. The van der Waals surface area contributed by atoms with Crippen molar-refractivity contribution < 1.29 is 18.3 Å². The Morgan fingerprint density at radius 1 is 1.10 bits per heavy atom. The van der Waals surface area contributed by atoms with Gasteiger partial charge in [0.05, 0.1) is 0 Å². The lowest BCUT2D eigenvalue weighted by Gasteiger charge is -2.15. The highest BCUT2D eigenvalue weighted by Gasteiger charge is 2.20. The molecule has 1 atom stereocenters.